The van der Waals surface area contributed by atoms with E-state index < -0.39 is 17.7 Å². The number of alkyl halides is 1. The van der Waals surface area contributed by atoms with Gasteiger partial charge in [-0.25, -0.2) is 14.4 Å². The lowest BCUT2D eigenvalue weighted by Gasteiger charge is -2.27. The van der Waals surface area contributed by atoms with E-state index in [1.807, 2.05) is 35.6 Å². The highest BCUT2D eigenvalue weighted by Crippen LogP contribution is 2.27. The van der Waals surface area contributed by atoms with Gasteiger partial charge in [-0.1, -0.05) is 12.8 Å². The summed E-state index contributed by atoms with van der Waals surface area (Å²) in [5.74, 6) is 0.169. The van der Waals surface area contributed by atoms with E-state index in [4.69, 9.17) is 4.98 Å². The first-order valence-corrected chi connectivity index (χ1v) is 13.6. The zero-order chi connectivity index (χ0) is 28.3. The van der Waals surface area contributed by atoms with Crippen LogP contribution in [0.1, 0.15) is 76.2 Å². The van der Waals surface area contributed by atoms with Crippen molar-refractivity contribution in [1.82, 2.24) is 24.8 Å². The minimum absolute atomic E-state index is 0.0308. The largest absolute Gasteiger partial charge is 0.387 e. The fraction of sp³-hybridized carbons (Fsp3) is 0.517. The SMILES string of the molecule is CC(=O)N(Cc1cnc2c(ccn2-c2cc(NC(C)C)c(C(=O)NC[C@@H](F)C(C)(C)O)cn2)c1)C1CCCC1. The van der Waals surface area contributed by atoms with E-state index in [1.54, 1.807) is 19.2 Å². The van der Waals surface area contributed by atoms with E-state index in [-0.39, 0.29) is 24.1 Å². The minimum atomic E-state index is -1.61. The maximum absolute atomic E-state index is 14.2. The molecule has 0 spiro atoms. The molecule has 3 aromatic heterocycles. The number of rotatable bonds is 10. The van der Waals surface area contributed by atoms with Crippen LogP contribution in [0.5, 0.6) is 0 Å². The van der Waals surface area contributed by atoms with E-state index in [9.17, 15) is 19.1 Å². The molecular formula is C29H39FN6O3. The van der Waals surface area contributed by atoms with Gasteiger partial charge in [0.2, 0.25) is 5.91 Å². The third kappa shape index (κ3) is 6.73. The molecule has 2 amide bonds. The van der Waals surface area contributed by atoms with E-state index in [0.717, 1.165) is 36.6 Å². The lowest BCUT2D eigenvalue weighted by Crippen LogP contribution is -2.42. The fourth-order valence-corrected chi connectivity index (χ4v) is 4.97. The molecule has 0 radical (unpaired) electrons. The lowest BCUT2D eigenvalue weighted by molar-refractivity contribution is -0.131. The molecule has 3 N–H and O–H groups in total. The van der Waals surface area contributed by atoms with Crippen LogP contribution in [0.25, 0.3) is 16.9 Å². The Kier molecular flexibility index (Phi) is 8.54. The summed E-state index contributed by atoms with van der Waals surface area (Å²) in [6.45, 7) is 8.48. The summed E-state index contributed by atoms with van der Waals surface area (Å²) in [5, 5.41) is 16.6. The average molecular weight is 539 g/mol. The normalized spacial score (nSPS) is 15.1. The van der Waals surface area contributed by atoms with Crippen LogP contribution in [0.2, 0.25) is 0 Å². The van der Waals surface area contributed by atoms with Gasteiger partial charge in [0.1, 0.15) is 17.6 Å². The van der Waals surface area contributed by atoms with Crippen LogP contribution in [0.15, 0.2) is 36.8 Å². The molecule has 0 unspecified atom stereocenters. The second kappa shape index (κ2) is 11.7. The molecule has 39 heavy (non-hydrogen) atoms. The van der Waals surface area contributed by atoms with E-state index >= 15 is 0 Å². The Morgan fingerprint density at radius 1 is 1.21 bits per heavy atom. The predicted molar refractivity (Wildman–Crippen MR) is 150 cm³/mol. The smallest absolute Gasteiger partial charge is 0.255 e. The number of halogens is 1. The van der Waals surface area contributed by atoms with Crippen molar-refractivity contribution in [2.24, 2.45) is 0 Å². The van der Waals surface area contributed by atoms with Crippen LogP contribution in [0.4, 0.5) is 10.1 Å². The van der Waals surface area contributed by atoms with Gasteiger partial charge in [0.05, 0.1) is 23.4 Å². The molecule has 1 atom stereocenters. The quantitative estimate of drug-likeness (QED) is 0.353. The number of carbonyl (C=O) groups is 2. The minimum Gasteiger partial charge on any atom is -0.387 e. The van der Waals surface area contributed by atoms with Crippen molar-refractivity contribution >= 4 is 28.5 Å². The molecule has 0 bridgehead atoms. The van der Waals surface area contributed by atoms with Gasteiger partial charge >= 0.3 is 0 Å². The predicted octanol–water partition coefficient (Wildman–Crippen LogP) is 4.37. The Labute approximate surface area is 228 Å². The Morgan fingerprint density at radius 3 is 2.56 bits per heavy atom. The van der Waals surface area contributed by atoms with E-state index in [0.29, 0.717) is 29.7 Å². The average Bonchev–Trinajstić information content (AvgIpc) is 3.54. The van der Waals surface area contributed by atoms with Crippen molar-refractivity contribution in [1.29, 1.82) is 0 Å². The third-order valence-electron chi connectivity index (χ3n) is 7.14. The zero-order valence-corrected chi connectivity index (χ0v) is 23.4. The summed E-state index contributed by atoms with van der Waals surface area (Å²) in [4.78, 5) is 36.3. The van der Waals surface area contributed by atoms with Crippen LogP contribution in [-0.2, 0) is 11.3 Å². The van der Waals surface area contributed by atoms with Crippen molar-refractivity contribution in [3.05, 3.63) is 47.9 Å². The standard InChI is InChI=1S/C29H39FN6O3/c1-18(2)34-24-13-26(31-15-23(24)28(38)33-16-25(30)29(4,5)39)35-11-10-21-12-20(14-32-27(21)35)17-36(19(3)37)22-8-6-7-9-22/h10-15,18,22,25,39H,6-9,16-17H2,1-5H3,(H,31,34)(H,33,38)/t25-/m1/s1. The molecule has 0 aliphatic heterocycles. The highest BCUT2D eigenvalue weighted by molar-refractivity contribution is 5.99. The summed E-state index contributed by atoms with van der Waals surface area (Å²) in [7, 11) is 0. The van der Waals surface area contributed by atoms with Gasteiger partial charge in [0.25, 0.3) is 5.91 Å². The number of amides is 2. The summed E-state index contributed by atoms with van der Waals surface area (Å²) < 4.78 is 16.0. The molecule has 0 saturated heterocycles. The highest BCUT2D eigenvalue weighted by Gasteiger charge is 2.28. The number of hydrogen-bond donors (Lipinski definition) is 3. The maximum atomic E-state index is 14.2. The fourth-order valence-electron chi connectivity index (χ4n) is 4.97. The number of anilines is 1. The Balaban J connectivity index is 1.58. The van der Waals surface area contributed by atoms with E-state index in [2.05, 4.69) is 21.7 Å². The first-order valence-electron chi connectivity index (χ1n) is 13.6. The summed E-state index contributed by atoms with van der Waals surface area (Å²) >= 11 is 0. The topological polar surface area (TPSA) is 112 Å². The summed E-state index contributed by atoms with van der Waals surface area (Å²) in [6, 6.07) is 6.10. The molecule has 10 heteroatoms. The van der Waals surface area contributed by atoms with Gasteiger partial charge in [-0.05, 0) is 58.2 Å². The second-order valence-electron chi connectivity index (χ2n) is 11.2. The number of nitrogens with zero attached hydrogens (tertiary/aromatic N) is 4. The van der Waals surface area contributed by atoms with Gasteiger partial charge in [0, 0.05) is 55.6 Å². The molecule has 1 aliphatic rings. The van der Waals surface area contributed by atoms with Crippen LogP contribution in [0, 0.1) is 0 Å². The number of fused-ring (bicyclic) bond motifs is 1. The molecular weight excluding hydrogens is 499 g/mol. The second-order valence-corrected chi connectivity index (χ2v) is 11.2. The molecule has 210 valence electrons. The molecule has 0 aromatic carbocycles. The van der Waals surface area contributed by atoms with Crippen molar-refractivity contribution in [2.45, 2.75) is 90.7 Å². The van der Waals surface area contributed by atoms with Crippen LogP contribution in [0.3, 0.4) is 0 Å². The molecule has 1 saturated carbocycles. The number of pyridine rings is 2. The van der Waals surface area contributed by atoms with Crippen LogP contribution >= 0.6 is 0 Å². The lowest BCUT2D eigenvalue weighted by atomic mass is 10.0. The molecule has 3 aromatic rings. The van der Waals surface area contributed by atoms with Crippen molar-refractivity contribution in [2.75, 3.05) is 11.9 Å². The van der Waals surface area contributed by atoms with Crippen molar-refractivity contribution in [3.63, 3.8) is 0 Å². The number of aliphatic hydroxyl groups is 1. The van der Waals surface area contributed by atoms with Gasteiger partial charge in [-0.15, -0.1) is 0 Å². The third-order valence-corrected chi connectivity index (χ3v) is 7.14. The Hall–Kier alpha value is -3.53. The van der Waals surface area contributed by atoms with Crippen molar-refractivity contribution < 1.29 is 19.1 Å². The maximum Gasteiger partial charge on any atom is 0.255 e. The number of aromatic nitrogens is 3. The Morgan fingerprint density at radius 2 is 1.92 bits per heavy atom. The van der Waals surface area contributed by atoms with Crippen molar-refractivity contribution in [3.8, 4) is 5.82 Å². The molecule has 4 rings (SSSR count). The highest BCUT2D eigenvalue weighted by atomic mass is 19.1. The van der Waals surface area contributed by atoms with Crippen LogP contribution < -0.4 is 10.6 Å². The van der Waals surface area contributed by atoms with Crippen LogP contribution in [-0.4, -0.2) is 66.8 Å². The number of hydrogen-bond acceptors (Lipinski definition) is 6. The number of nitrogens with one attached hydrogen (secondary N) is 2. The molecule has 3 heterocycles. The van der Waals surface area contributed by atoms with Gasteiger partial charge in [-0.3, -0.25) is 14.2 Å². The van der Waals surface area contributed by atoms with Gasteiger partial charge < -0.3 is 20.6 Å². The Bertz CT molecular complexity index is 1330. The van der Waals surface area contributed by atoms with E-state index in [1.165, 1.54) is 20.0 Å². The molecule has 1 fully saturated rings. The summed E-state index contributed by atoms with van der Waals surface area (Å²) in [5.41, 5.74) is 0.954. The summed E-state index contributed by atoms with van der Waals surface area (Å²) in [6.07, 6.45) is 7.93. The first kappa shape index (κ1) is 28.5. The van der Waals surface area contributed by atoms with Gasteiger partial charge in [-0.2, -0.15) is 0 Å². The van der Waals surface area contributed by atoms with Gasteiger partial charge in [0.15, 0.2) is 0 Å². The monoisotopic (exact) mass is 538 g/mol. The number of carbonyl (C=O) groups excluding carboxylic acids is 2. The first-order chi connectivity index (χ1) is 18.4. The zero-order valence-electron chi connectivity index (χ0n) is 23.4. The molecule has 9 nitrogen and oxygen atoms in total. The molecule has 1 aliphatic carbocycles.